The largest absolute Gasteiger partial charge is 0.293 e. The molecule has 0 atom stereocenters. The predicted molar refractivity (Wildman–Crippen MR) is 87.7 cm³/mol. The van der Waals surface area contributed by atoms with Crippen LogP contribution in [0.5, 0.6) is 0 Å². The van der Waals surface area contributed by atoms with Gasteiger partial charge in [-0.25, -0.2) is 0 Å². The Bertz CT molecular complexity index is 741. The van der Waals surface area contributed by atoms with Gasteiger partial charge in [-0.3, -0.25) is 9.59 Å². The minimum absolute atomic E-state index is 0.0503. The molecular formula is C20H20O2. The van der Waals surface area contributed by atoms with E-state index in [1.165, 1.54) is 0 Å². The van der Waals surface area contributed by atoms with Gasteiger partial charge in [-0.15, -0.1) is 0 Å². The third-order valence-electron chi connectivity index (χ3n) is 4.83. The molecule has 0 aliphatic heterocycles. The maximum absolute atomic E-state index is 13.1. The Balaban J connectivity index is 2.34. The van der Waals surface area contributed by atoms with Crippen LogP contribution in [0, 0.1) is 20.8 Å². The maximum Gasteiger partial charge on any atom is 0.181 e. The summed E-state index contributed by atoms with van der Waals surface area (Å²) < 4.78 is 0. The lowest BCUT2D eigenvalue weighted by Crippen LogP contribution is -2.39. The monoisotopic (exact) mass is 292 g/mol. The van der Waals surface area contributed by atoms with Gasteiger partial charge in [0, 0.05) is 11.1 Å². The summed E-state index contributed by atoms with van der Waals surface area (Å²) in [7, 11) is 0. The molecule has 0 amide bonds. The van der Waals surface area contributed by atoms with Gasteiger partial charge >= 0.3 is 0 Å². The minimum atomic E-state index is -1.05. The summed E-state index contributed by atoms with van der Waals surface area (Å²) in [6.45, 7) is 7.96. The highest BCUT2D eigenvalue weighted by atomic mass is 16.2. The van der Waals surface area contributed by atoms with E-state index in [1.807, 2.05) is 39.8 Å². The van der Waals surface area contributed by atoms with Crippen LogP contribution in [0.1, 0.15) is 56.3 Å². The first kappa shape index (κ1) is 14.7. The highest BCUT2D eigenvalue weighted by Gasteiger charge is 2.53. The van der Waals surface area contributed by atoms with E-state index in [1.54, 1.807) is 12.1 Å². The van der Waals surface area contributed by atoms with E-state index in [2.05, 4.69) is 12.1 Å². The highest BCUT2D eigenvalue weighted by Crippen LogP contribution is 2.44. The fourth-order valence-electron chi connectivity index (χ4n) is 4.02. The summed E-state index contributed by atoms with van der Waals surface area (Å²) in [5.74, 6) is -0.101. The zero-order valence-corrected chi connectivity index (χ0v) is 13.5. The van der Waals surface area contributed by atoms with Gasteiger partial charge in [-0.1, -0.05) is 48.9 Å². The summed E-state index contributed by atoms with van der Waals surface area (Å²) in [5, 5.41) is 0. The highest BCUT2D eigenvalue weighted by molar-refractivity contribution is 6.33. The van der Waals surface area contributed by atoms with E-state index in [9.17, 15) is 9.59 Å². The molecule has 2 nitrogen and oxygen atoms in total. The van der Waals surface area contributed by atoms with Crippen molar-refractivity contribution in [2.24, 2.45) is 0 Å². The molecule has 1 aliphatic carbocycles. The van der Waals surface area contributed by atoms with E-state index in [-0.39, 0.29) is 11.6 Å². The van der Waals surface area contributed by atoms with Crippen LogP contribution in [0.3, 0.4) is 0 Å². The SMILES string of the molecule is CCC1(c2c(C)cc(C)cc2C)C(=O)c2ccccc2C1=O. The molecule has 0 N–H and O–H groups in total. The Morgan fingerprint density at radius 1 is 0.864 bits per heavy atom. The quantitative estimate of drug-likeness (QED) is 0.772. The first-order valence-corrected chi connectivity index (χ1v) is 7.70. The second kappa shape index (κ2) is 4.91. The fourth-order valence-corrected chi connectivity index (χ4v) is 4.02. The number of rotatable bonds is 2. The summed E-state index contributed by atoms with van der Waals surface area (Å²) in [5.41, 5.74) is 4.17. The molecule has 0 aromatic heterocycles. The molecule has 0 spiro atoms. The number of benzene rings is 2. The molecule has 2 heteroatoms. The van der Waals surface area contributed by atoms with Gasteiger partial charge in [0.05, 0.1) is 0 Å². The second-order valence-corrected chi connectivity index (χ2v) is 6.24. The molecule has 2 aromatic rings. The Kier molecular flexibility index (Phi) is 3.28. The van der Waals surface area contributed by atoms with Crippen LogP contribution in [-0.4, -0.2) is 11.6 Å². The lowest BCUT2D eigenvalue weighted by molar-refractivity contribution is 0.0787. The zero-order valence-electron chi connectivity index (χ0n) is 13.5. The van der Waals surface area contributed by atoms with Crippen molar-refractivity contribution in [3.63, 3.8) is 0 Å². The number of ketones is 2. The van der Waals surface area contributed by atoms with Crippen LogP contribution in [0.2, 0.25) is 0 Å². The van der Waals surface area contributed by atoms with Crippen molar-refractivity contribution >= 4 is 11.6 Å². The van der Waals surface area contributed by atoms with Crippen molar-refractivity contribution in [1.82, 2.24) is 0 Å². The molecule has 0 saturated carbocycles. The van der Waals surface area contributed by atoms with Crippen molar-refractivity contribution in [2.45, 2.75) is 39.5 Å². The van der Waals surface area contributed by atoms with E-state index in [0.29, 0.717) is 17.5 Å². The number of aryl methyl sites for hydroxylation is 3. The zero-order chi connectivity index (χ0) is 16.1. The Morgan fingerprint density at radius 2 is 1.32 bits per heavy atom. The van der Waals surface area contributed by atoms with Crippen LogP contribution in [-0.2, 0) is 5.41 Å². The van der Waals surface area contributed by atoms with Crippen LogP contribution < -0.4 is 0 Å². The average molecular weight is 292 g/mol. The number of Topliss-reactive ketones (excluding diaryl/α,β-unsaturated/α-hetero) is 2. The van der Waals surface area contributed by atoms with Gasteiger partial charge < -0.3 is 0 Å². The number of hydrogen-bond acceptors (Lipinski definition) is 2. The summed E-state index contributed by atoms with van der Waals surface area (Å²) >= 11 is 0. The maximum atomic E-state index is 13.1. The van der Waals surface area contributed by atoms with Crippen LogP contribution in [0.4, 0.5) is 0 Å². The molecule has 0 saturated heterocycles. The third-order valence-corrected chi connectivity index (χ3v) is 4.83. The normalized spacial score (nSPS) is 16.0. The number of carbonyl (C=O) groups excluding carboxylic acids is 2. The second-order valence-electron chi connectivity index (χ2n) is 6.24. The van der Waals surface area contributed by atoms with Gasteiger partial charge in [0.1, 0.15) is 5.41 Å². The lowest BCUT2D eigenvalue weighted by Gasteiger charge is -2.29. The van der Waals surface area contributed by atoms with Crippen LogP contribution in [0.15, 0.2) is 36.4 Å². The van der Waals surface area contributed by atoms with Gasteiger partial charge in [0.15, 0.2) is 11.6 Å². The van der Waals surface area contributed by atoms with Crippen molar-refractivity contribution in [2.75, 3.05) is 0 Å². The summed E-state index contributed by atoms with van der Waals surface area (Å²) in [6, 6.07) is 11.3. The van der Waals surface area contributed by atoms with E-state index < -0.39 is 5.41 Å². The molecule has 112 valence electrons. The number of fused-ring (bicyclic) bond motifs is 1. The molecular weight excluding hydrogens is 272 g/mol. The van der Waals surface area contributed by atoms with Crippen LogP contribution >= 0.6 is 0 Å². The van der Waals surface area contributed by atoms with Gasteiger partial charge in [0.25, 0.3) is 0 Å². The number of carbonyl (C=O) groups is 2. The molecule has 0 heterocycles. The molecule has 22 heavy (non-hydrogen) atoms. The molecule has 0 radical (unpaired) electrons. The lowest BCUT2D eigenvalue weighted by atomic mass is 9.70. The molecule has 3 rings (SSSR count). The number of hydrogen-bond donors (Lipinski definition) is 0. The van der Waals surface area contributed by atoms with Crippen molar-refractivity contribution < 1.29 is 9.59 Å². The van der Waals surface area contributed by atoms with E-state index >= 15 is 0 Å². The molecule has 0 unspecified atom stereocenters. The van der Waals surface area contributed by atoms with E-state index in [0.717, 1.165) is 22.3 Å². The summed E-state index contributed by atoms with van der Waals surface area (Å²) in [6.07, 6.45) is 0.490. The average Bonchev–Trinajstić information content (AvgIpc) is 2.69. The first-order valence-electron chi connectivity index (χ1n) is 7.70. The van der Waals surface area contributed by atoms with E-state index in [4.69, 9.17) is 0 Å². The van der Waals surface area contributed by atoms with Gasteiger partial charge in [-0.05, 0) is 43.9 Å². The molecule has 1 aliphatic rings. The Labute approximate surface area is 131 Å². The molecule has 2 aromatic carbocycles. The topological polar surface area (TPSA) is 34.1 Å². The van der Waals surface area contributed by atoms with Gasteiger partial charge in [-0.2, -0.15) is 0 Å². The third kappa shape index (κ3) is 1.73. The molecule has 0 fully saturated rings. The fraction of sp³-hybridized carbons (Fsp3) is 0.300. The molecule has 0 bridgehead atoms. The van der Waals surface area contributed by atoms with Crippen molar-refractivity contribution in [3.8, 4) is 0 Å². The van der Waals surface area contributed by atoms with Gasteiger partial charge in [0.2, 0.25) is 0 Å². The summed E-state index contributed by atoms with van der Waals surface area (Å²) in [4.78, 5) is 26.3. The smallest absolute Gasteiger partial charge is 0.181 e. The minimum Gasteiger partial charge on any atom is -0.293 e. The standard InChI is InChI=1S/C20H20O2/c1-5-20(17-13(3)10-12(2)11-14(17)4)18(21)15-8-6-7-9-16(15)19(20)22/h6-11H,5H2,1-4H3. The predicted octanol–water partition coefficient (Wildman–Crippen LogP) is 4.34. The van der Waals surface area contributed by atoms with Crippen LogP contribution in [0.25, 0.3) is 0 Å². The van der Waals surface area contributed by atoms with Crippen molar-refractivity contribution in [1.29, 1.82) is 0 Å². The van der Waals surface area contributed by atoms with Crippen molar-refractivity contribution in [3.05, 3.63) is 69.8 Å². The first-order chi connectivity index (χ1) is 10.4. The Hall–Kier alpha value is -2.22. The Morgan fingerprint density at radius 3 is 1.73 bits per heavy atom.